The summed E-state index contributed by atoms with van der Waals surface area (Å²) in [6.07, 6.45) is 0. The summed E-state index contributed by atoms with van der Waals surface area (Å²) in [5.74, 6) is -1.08. The van der Waals surface area contributed by atoms with Crippen LogP contribution in [-0.2, 0) is 0 Å². The molecule has 0 amide bonds. The van der Waals surface area contributed by atoms with Crippen molar-refractivity contribution in [3.63, 3.8) is 0 Å². The highest BCUT2D eigenvalue weighted by Gasteiger charge is 2.12. The van der Waals surface area contributed by atoms with Crippen LogP contribution in [0.25, 0.3) is 11.1 Å². The van der Waals surface area contributed by atoms with Crippen molar-refractivity contribution in [3.05, 3.63) is 56.0 Å². The number of hydrogen-bond donors (Lipinski definition) is 1. The smallest absolute Gasteiger partial charge is 0.337 e. The van der Waals surface area contributed by atoms with Gasteiger partial charge in [0.25, 0.3) is 0 Å². The predicted octanol–water partition coefficient (Wildman–Crippen LogP) is 5.67. The number of halogens is 4. The second kappa shape index (κ2) is 5.59. The van der Waals surface area contributed by atoms with Gasteiger partial charge < -0.3 is 5.11 Å². The van der Waals surface area contributed by atoms with Gasteiger partial charge in [-0.15, -0.1) is 0 Å². The van der Waals surface area contributed by atoms with Crippen molar-refractivity contribution >= 4 is 52.4 Å². The quantitative estimate of drug-likeness (QED) is 0.718. The molecule has 0 spiro atoms. The monoisotopic (exact) mass is 334 g/mol. The van der Waals surface area contributed by atoms with Crippen LogP contribution in [0.15, 0.2) is 30.3 Å². The third kappa shape index (κ3) is 2.98. The Morgan fingerprint density at radius 2 is 1.37 bits per heavy atom. The van der Waals surface area contributed by atoms with Gasteiger partial charge in [0.05, 0.1) is 25.7 Å². The number of hydrogen-bond acceptors (Lipinski definition) is 1. The lowest BCUT2D eigenvalue weighted by Gasteiger charge is -2.07. The molecule has 0 aromatic heterocycles. The van der Waals surface area contributed by atoms with Gasteiger partial charge in [-0.05, 0) is 35.4 Å². The van der Waals surface area contributed by atoms with Gasteiger partial charge in [-0.1, -0.05) is 52.5 Å². The molecule has 0 atom stereocenters. The van der Waals surface area contributed by atoms with Crippen LogP contribution in [0.4, 0.5) is 0 Å². The zero-order chi connectivity index (χ0) is 14.2. The Morgan fingerprint density at radius 1 is 0.842 bits per heavy atom. The number of carboxylic acids is 1. The van der Waals surface area contributed by atoms with Gasteiger partial charge in [0.2, 0.25) is 0 Å². The Hall–Kier alpha value is -0.930. The normalized spacial score (nSPS) is 10.5. The van der Waals surface area contributed by atoms with E-state index in [0.717, 1.165) is 0 Å². The minimum absolute atomic E-state index is 0.0385. The summed E-state index contributed by atoms with van der Waals surface area (Å²) in [5.41, 5.74) is 1.45. The van der Waals surface area contributed by atoms with E-state index in [0.29, 0.717) is 21.2 Å². The lowest BCUT2D eigenvalue weighted by atomic mass is 10.0. The molecule has 0 bridgehead atoms. The zero-order valence-corrected chi connectivity index (χ0v) is 12.3. The number of rotatable bonds is 2. The molecule has 2 aromatic carbocycles. The van der Waals surface area contributed by atoms with Crippen molar-refractivity contribution in [1.29, 1.82) is 0 Å². The van der Waals surface area contributed by atoms with Crippen molar-refractivity contribution in [2.75, 3.05) is 0 Å². The summed E-state index contributed by atoms with van der Waals surface area (Å²) >= 11 is 23.7. The molecule has 1 N–H and O–H groups in total. The van der Waals surface area contributed by atoms with E-state index in [-0.39, 0.29) is 15.6 Å². The molecule has 0 unspecified atom stereocenters. The number of carbonyl (C=O) groups is 1. The minimum atomic E-state index is -1.08. The maximum atomic E-state index is 10.9. The molecule has 0 heterocycles. The molecule has 0 aliphatic rings. The first-order valence-corrected chi connectivity index (χ1v) is 6.59. The fraction of sp³-hybridized carbons (Fsp3) is 0. The van der Waals surface area contributed by atoms with Crippen LogP contribution in [0, 0.1) is 0 Å². The molecule has 0 aliphatic heterocycles. The highest BCUT2D eigenvalue weighted by atomic mass is 35.5. The van der Waals surface area contributed by atoms with Gasteiger partial charge in [0.1, 0.15) is 0 Å². The van der Waals surface area contributed by atoms with Gasteiger partial charge in [-0.2, -0.15) is 0 Å². The standard InChI is InChI=1S/C13H6Cl4O2/c14-9-3-6(1-2-8(9)13(18)19)7-4-10(15)12(17)11(16)5-7/h1-5H,(H,18,19). The molecule has 0 aliphatic carbocycles. The van der Waals surface area contributed by atoms with Crippen molar-refractivity contribution in [2.45, 2.75) is 0 Å². The van der Waals surface area contributed by atoms with Crippen molar-refractivity contribution in [1.82, 2.24) is 0 Å². The van der Waals surface area contributed by atoms with Crippen LogP contribution >= 0.6 is 46.4 Å². The predicted molar refractivity (Wildman–Crippen MR) is 78.9 cm³/mol. The summed E-state index contributed by atoms with van der Waals surface area (Å²) in [6.45, 7) is 0. The van der Waals surface area contributed by atoms with E-state index in [2.05, 4.69) is 0 Å². The SMILES string of the molecule is O=C(O)c1ccc(-c2cc(Cl)c(Cl)c(Cl)c2)cc1Cl. The van der Waals surface area contributed by atoms with Crippen LogP contribution in [0.3, 0.4) is 0 Å². The number of aromatic carboxylic acids is 1. The molecule has 0 radical (unpaired) electrons. The van der Waals surface area contributed by atoms with E-state index < -0.39 is 5.97 Å². The van der Waals surface area contributed by atoms with Crippen molar-refractivity contribution < 1.29 is 9.90 Å². The summed E-state index contributed by atoms with van der Waals surface area (Å²) in [5, 5.41) is 9.97. The molecular weight excluding hydrogens is 330 g/mol. The number of carboxylic acid groups (broad SMARTS) is 1. The van der Waals surface area contributed by atoms with E-state index in [1.807, 2.05) is 0 Å². The minimum Gasteiger partial charge on any atom is -0.478 e. The lowest BCUT2D eigenvalue weighted by molar-refractivity contribution is 0.0697. The van der Waals surface area contributed by atoms with Crippen LogP contribution in [0.5, 0.6) is 0 Å². The average molecular weight is 336 g/mol. The van der Waals surface area contributed by atoms with Crippen LogP contribution in [0.1, 0.15) is 10.4 Å². The topological polar surface area (TPSA) is 37.3 Å². The first-order valence-electron chi connectivity index (χ1n) is 5.08. The van der Waals surface area contributed by atoms with Crippen molar-refractivity contribution in [3.8, 4) is 11.1 Å². The number of benzene rings is 2. The Morgan fingerprint density at radius 3 is 1.84 bits per heavy atom. The first-order chi connectivity index (χ1) is 8.90. The zero-order valence-electron chi connectivity index (χ0n) is 9.25. The lowest BCUT2D eigenvalue weighted by Crippen LogP contribution is -1.97. The maximum Gasteiger partial charge on any atom is 0.337 e. The van der Waals surface area contributed by atoms with E-state index in [9.17, 15) is 4.79 Å². The fourth-order valence-electron chi connectivity index (χ4n) is 1.59. The first kappa shape index (κ1) is 14.5. The van der Waals surface area contributed by atoms with Gasteiger partial charge >= 0.3 is 5.97 Å². The van der Waals surface area contributed by atoms with Gasteiger partial charge in [0.15, 0.2) is 0 Å². The molecular formula is C13H6Cl4O2. The molecule has 6 heteroatoms. The van der Waals surface area contributed by atoms with E-state index in [4.69, 9.17) is 51.5 Å². The Bertz CT molecular complexity index is 645. The third-order valence-electron chi connectivity index (χ3n) is 2.52. The molecule has 0 saturated heterocycles. The van der Waals surface area contributed by atoms with Gasteiger partial charge in [0, 0.05) is 0 Å². The van der Waals surface area contributed by atoms with Crippen molar-refractivity contribution in [2.24, 2.45) is 0 Å². The Kier molecular flexibility index (Phi) is 4.26. The van der Waals surface area contributed by atoms with Crippen LogP contribution in [0.2, 0.25) is 20.1 Å². The molecule has 0 fully saturated rings. The average Bonchev–Trinajstić information content (AvgIpc) is 2.34. The fourth-order valence-corrected chi connectivity index (χ4v) is 2.45. The molecule has 2 rings (SSSR count). The van der Waals surface area contributed by atoms with E-state index >= 15 is 0 Å². The molecule has 98 valence electrons. The summed E-state index contributed by atoms with van der Waals surface area (Å²) in [4.78, 5) is 10.9. The summed E-state index contributed by atoms with van der Waals surface area (Å²) in [7, 11) is 0. The maximum absolute atomic E-state index is 10.9. The largest absolute Gasteiger partial charge is 0.478 e. The van der Waals surface area contributed by atoms with Crippen LogP contribution < -0.4 is 0 Å². The van der Waals surface area contributed by atoms with Gasteiger partial charge in [-0.3, -0.25) is 0 Å². The van der Waals surface area contributed by atoms with Gasteiger partial charge in [-0.25, -0.2) is 4.79 Å². The molecule has 19 heavy (non-hydrogen) atoms. The Balaban J connectivity index is 2.54. The third-order valence-corrected chi connectivity index (χ3v) is 4.03. The second-order valence-electron chi connectivity index (χ2n) is 3.75. The molecule has 0 saturated carbocycles. The summed E-state index contributed by atoms with van der Waals surface area (Å²) in [6, 6.07) is 7.88. The molecule has 2 aromatic rings. The molecule has 2 nitrogen and oxygen atoms in total. The summed E-state index contributed by atoms with van der Waals surface area (Å²) < 4.78 is 0. The highest BCUT2D eigenvalue weighted by molar-refractivity contribution is 6.48. The van der Waals surface area contributed by atoms with Crippen LogP contribution in [-0.4, -0.2) is 11.1 Å². The van der Waals surface area contributed by atoms with E-state index in [1.165, 1.54) is 6.07 Å². The second-order valence-corrected chi connectivity index (χ2v) is 5.35. The van der Waals surface area contributed by atoms with E-state index in [1.54, 1.807) is 24.3 Å². The Labute approximate surface area is 129 Å². The highest BCUT2D eigenvalue weighted by Crippen LogP contribution is 2.36.